The Bertz CT molecular complexity index is 1140. The minimum absolute atomic E-state index is 0.00529. The number of β-amino-alcohol motifs (C(OH)–C–C–N with tert-alkyl or cyclic N) is 1. The first-order chi connectivity index (χ1) is 15.3. The van der Waals surface area contributed by atoms with Crippen molar-refractivity contribution in [1.82, 2.24) is 14.4 Å². The quantitative estimate of drug-likeness (QED) is 0.694. The molecule has 3 heterocycles. The number of allylic oxidation sites excluding steroid dienone is 3. The zero-order chi connectivity index (χ0) is 22.7. The zero-order valence-corrected chi connectivity index (χ0v) is 18.0. The average molecular weight is 464 g/mol. The highest BCUT2D eigenvalue weighted by molar-refractivity contribution is 6.31. The predicted molar refractivity (Wildman–Crippen MR) is 113 cm³/mol. The van der Waals surface area contributed by atoms with Crippen LogP contribution in [0.5, 0.6) is 5.75 Å². The smallest absolute Gasteiger partial charge is 0.295 e. The maximum absolute atomic E-state index is 13.5. The monoisotopic (exact) mass is 463 g/mol. The van der Waals surface area contributed by atoms with E-state index in [1.165, 1.54) is 20.4 Å². The highest BCUT2D eigenvalue weighted by atomic mass is 35.5. The van der Waals surface area contributed by atoms with Gasteiger partial charge in [0, 0.05) is 25.2 Å². The van der Waals surface area contributed by atoms with Gasteiger partial charge in [0.1, 0.15) is 17.7 Å². The number of aromatic hydroxyl groups is 1. The first kappa shape index (κ1) is 21.2. The molecule has 10 heteroatoms. The van der Waals surface area contributed by atoms with Crippen LogP contribution >= 0.6 is 11.6 Å². The summed E-state index contributed by atoms with van der Waals surface area (Å²) in [6.07, 6.45) is 4.78. The molecular weight excluding hydrogens is 441 g/mol. The lowest BCUT2D eigenvalue weighted by molar-refractivity contribution is 0.0612. The Morgan fingerprint density at radius 1 is 1.19 bits per heavy atom. The maximum atomic E-state index is 13.5. The Hall–Kier alpha value is -2.65. The van der Waals surface area contributed by atoms with Gasteiger partial charge in [-0.3, -0.25) is 19.0 Å². The van der Waals surface area contributed by atoms with Crippen LogP contribution < -0.4 is 5.56 Å². The van der Waals surface area contributed by atoms with E-state index in [1.807, 2.05) is 0 Å². The molecular formula is C22H23ClFN3O5. The number of aromatic nitrogens is 1. The summed E-state index contributed by atoms with van der Waals surface area (Å²) in [4.78, 5) is 42.6. The second-order valence-corrected chi connectivity index (χ2v) is 9.17. The lowest BCUT2D eigenvalue weighted by Crippen LogP contribution is -2.43. The van der Waals surface area contributed by atoms with Gasteiger partial charge >= 0.3 is 0 Å². The highest BCUT2D eigenvalue weighted by Crippen LogP contribution is 2.46. The largest absolute Gasteiger partial charge is 0.502 e. The fourth-order valence-electron chi connectivity index (χ4n) is 5.08. The lowest BCUT2D eigenvalue weighted by atomic mass is 9.93. The summed E-state index contributed by atoms with van der Waals surface area (Å²) < 4.78 is 14.8. The Morgan fingerprint density at radius 3 is 2.59 bits per heavy atom. The second-order valence-electron chi connectivity index (χ2n) is 8.76. The van der Waals surface area contributed by atoms with Crippen LogP contribution in [0.2, 0.25) is 0 Å². The van der Waals surface area contributed by atoms with E-state index in [9.17, 15) is 29.0 Å². The first-order valence-electron chi connectivity index (χ1n) is 10.8. The molecule has 2 amide bonds. The molecule has 0 aromatic carbocycles. The van der Waals surface area contributed by atoms with Crippen molar-refractivity contribution in [2.45, 2.75) is 31.8 Å². The van der Waals surface area contributed by atoms with Crippen LogP contribution in [0, 0.1) is 11.8 Å². The Morgan fingerprint density at radius 2 is 1.94 bits per heavy atom. The minimum atomic E-state index is -0.759. The number of carbonyl (C=O) groups is 2. The van der Waals surface area contributed by atoms with Crippen molar-refractivity contribution in [2.75, 3.05) is 26.2 Å². The molecule has 1 fully saturated rings. The van der Waals surface area contributed by atoms with E-state index in [0.717, 1.165) is 12.8 Å². The molecule has 0 bridgehead atoms. The van der Waals surface area contributed by atoms with Gasteiger partial charge in [0.05, 0.1) is 17.2 Å². The summed E-state index contributed by atoms with van der Waals surface area (Å²) in [5, 5.41) is 20.2. The van der Waals surface area contributed by atoms with Crippen LogP contribution in [0.15, 0.2) is 27.8 Å². The molecule has 0 radical (unpaired) electrons. The van der Waals surface area contributed by atoms with Gasteiger partial charge in [-0.25, -0.2) is 4.39 Å². The van der Waals surface area contributed by atoms with Gasteiger partial charge in [-0.1, -0.05) is 17.7 Å². The van der Waals surface area contributed by atoms with Gasteiger partial charge in [0.2, 0.25) is 0 Å². The average Bonchev–Trinajstić information content (AvgIpc) is 3.56. The third kappa shape index (κ3) is 3.17. The van der Waals surface area contributed by atoms with Crippen molar-refractivity contribution in [3.63, 3.8) is 0 Å². The van der Waals surface area contributed by atoms with Crippen LogP contribution in [0.1, 0.15) is 51.8 Å². The van der Waals surface area contributed by atoms with Crippen LogP contribution in [-0.2, 0) is 6.42 Å². The van der Waals surface area contributed by atoms with Gasteiger partial charge in [0.15, 0.2) is 5.75 Å². The molecule has 2 unspecified atom stereocenters. The molecule has 170 valence electrons. The number of rotatable bonds is 5. The van der Waals surface area contributed by atoms with E-state index in [0.29, 0.717) is 24.9 Å². The fourth-order valence-corrected chi connectivity index (χ4v) is 5.34. The molecule has 2 atom stereocenters. The van der Waals surface area contributed by atoms with Crippen molar-refractivity contribution in [2.24, 2.45) is 11.8 Å². The molecule has 1 saturated carbocycles. The van der Waals surface area contributed by atoms with Gasteiger partial charge in [0.25, 0.3) is 17.4 Å². The minimum Gasteiger partial charge on any atom is -0.502 e. The molecule has 2 aliphatic carbocycles. The molecule has 1 aromatic rings. The van der Waals surface area contributed by atoms with Crippen LogP contribution in [0.25, 0.3) is 0 Å². The number of halogens is 2. The molecule has 0 saturated heterocycles. The fraction of sp³-hybridized carbons (Fsp3) is 0.500. The number of aliphatic hydroxyl groups excluding tert-OH is 1. The van der Waals surface area contributed by atoms with Crippen LogP contribution in [0.4, 0.5) is 4.39 Å². The summed E-state index contributed by atoms with van der Waals surface area (Å²) in [6, 6.07) is 0. The molecule has 1 aromatic heterocycles. The number of hydrogen-bond donors (Lipinski definition) is 2. The summed E-state index contributed by atoms with van der Waals surface area (Å²) in [7, 11) is 0. The maximum Gasteiger partial charge on any atom is 0.295 e. The summed E-state index contributed by atoms with van der Waals surface area (Å²) in [5.41, 5.74) is -0.367. The van der Waals surface area contributed by atoms with E-state index in [-0.39, 0.29) is 47.8 Å². The van der Waals surface area contributed by atoms with Crippen LogP contribution in [-0.4, -0.2) is 62.6 Å². The molecule has 2 aliphatic heterocycles. The van der Waals surface area contributed by atoms with E-state index < -0.39 is 35.1 Å². The number of carbonyl (C=O) groups excluding carboxylic acids is 2. The number of nitrogens with zero attached hydrogens (tertiary/aromatic N) is 3. The zero-order valence-electron chi connectivity index (χ0n) is 17.3. The number of amides is 2. The number of hydrogen-bond acceptors (Lipinski definition) is 5. The van der Waals surface area contributed by atoms with Crippen molar-refractivity contribution in [3.8, 4) is 5.75 Å². The topological polar surface area (TPSA) is 103 Å². The van der Waals surface area contributed by atoms with E-state index in [4.69, 9.17) is 11.6 Å². The van der Waals surface area contributed by atoms with Crippen molar-refractivity contribution in [3.05, 3.63) is 50.2 Å². The second kappa shape index (κ2) is 7.74. The predicted octanol–water partition coefficient (Wildman–Crippen LogP) is 1.90. The third-order valence-corrected chi connectivity index (χ3v) is 7.02. The van der Waals surface area contributed by atoms with E-state index in [1.54, 1.807) is 6.08 Å². The van der Waals surface area contributed by atoms with Gasteiger partial charge in [-0.05, 0) is 43.6 Å². The van der Waals surface area contributed by atoms with Gasteiger partial charge in [-0.15, -0.1) is 0 Å². The third-order valence-electron chi connectivity index (χ3n) is 6.72. The number of fused-ring (bicyclic) bond motifs is 3. The SMILES string of the molecule is O=C1c2c(c3n(c(=O)c2O)C(C2CC2)N(CCO)C3=O)CCN1CC1C=C(Cl)C(F)=CC1. The summed E-state index contributed by atoms with van der Waals surface area (Å²) in [5.74, 6) is -2.16. The Labute approximate surface area is 188 Å². The van der Waals surface area contributed by atoms with Crippen molar-refractivity contribution in [1.29, 1.82) is 0 Å². The molecule has 2 N–H and O–H groups in total. The molecule has 32 heavy (non-hydrogen) atoms. The molecule has 5 rings (SSSR count). The highest BCUT2D eigenvalue weighted by Gasteiger charge is 2.49. The Balaban J connectivity index is 1.52. The number of pyridine rings is 1. The van der Waals surface area contributed by atoms with Gasteiger partial charge in [-0.2, -0.15) is 0 Å². The molecule has 8 nitrogen and oxygen atoms in total. The van der Waals surface area contributed by atoms with Gasteiger partial charge < -0.3 is 20.0 Å². The van der Waals surface area contributed by atoms with E-state index in [2.05, 4.69) is 0 Å². The first-order valence-corrected chi connectivity index (χ1v) is 11.2. The lowest BCUT2D eigenvalue weighted by Gasteiger charge is -2.32. The Kier molecular flexibility index (Phi) is 5.13. The summed E-state index contributed by atoms with van der Waals surface area (Å²) in [6.45, 7) is 0.387. The van der Waals surface area contributed by atoms with E-state index >= 15 is 0 Å². The normalized spacial score (nSPS) is 25.0. The standard InChI is InChI=1S/C22H23ClFN3O5/c23-14-9-11(1-4-15(14)24)10-25-6-5-13-16(20(25)30)18(29)22(32)27-17(13)21(31)26(7-8-28)19(27)12-2-3-12/h4,9,11-12,19,28-29H,1-3,5-8,10H2. The summed E-state index contributed by atoms with van der Waals surface area (Å²) >= 11 is 5.88. The van der Waals surface area contributed by atoms with Crippen LogP contribution in [0.3, 0.4) is 0 Å². The van der Waals surface area contributed by atoms with Crippen molar-refractivity contribution < 1.29 is 24.2 Å². The molecule has 0 spiro atoms. The van der Waals surface area contributed by atoms with Crippen molar-refractivity contribution >= 4 is 23.4 Å². The number of aliphatic hydroxyl groups is 1. The molecule has 4 aliphatic rings.